The van der Waals surface area contributed by atoms with Crippen LogP contribution in [0.1, 0.15) is 24.4 Å². The number of aromatic nitrogens is 2. The van der Waals surface area contributed by atoms with Crippen LogP contribution < -0.4 is 4.72 Å². The van der Waals surface area contributed by atoms with Crippen LogP contribution in [-0.4, -0.2) is 23.7 Å². The summed E-state index contributed by atoms with van der Waals surface area (Å²) in [6.07, 6.45) is 0.771. The average Bonchev–Trinajstić information content (AvgIpc) is 2.97. The Labute approximate surface area is 125 Å². The maximum atomic E-state index is 12.1. The van der Waals surface area contributed by atoms with Crippen molar-refractivity contribution in [3.8, 4) is 0 Å². The molecule has 0 unspecified atom stereocenters. The predicted octanol–water partition coefficient (Wildman–Crippen LogP) is 2.09. The second kappa shape index (κ2) is 6.17. The van der Waals surface area contributed by atoms with Gasteiger partial charge in [0.1, 0.15) is 9.22 Å². The SMILES string of the molecule is CC(C)Cc1nnc(NS(=O)(=O)c2cc(CO)cs2)s1. The third-order valence-electron chi connectivity index (χ3n) is 2.35. The molecular formula is C11H15N3O3S3. The Balaban J connectivity index is 2.13. The van der Waals surface area contributed by atoms with Gasteiger partial charge in [-0.15, -0.1) is 21.5 Å². The van der Waals surface area contributed by atoms with Gasteiger partial charge in [-0.1, -0.05) is 25.2 Å². The molecule has 110 valence electrons. The number of hydrogen-bond acceptors (Lipinski definition) is 7. The third kappa shape index (κ3) is 3.75. The van der Waals surface area contributed by atoms with Crippen LogP contribution in [0.3, 0.4) is 0 Å². The highest BCUT2D eigenvalue weighted by atomic mass is 32.2. The summed E-state index contributed by atoms with van der Waals surface area (Å²) >= 11 is 2.30. The van der Waals surface area contributed by atoms with Crippen LogP contribution in [0.5, 0.6) is 0 Å². The van der Waals surface area contributed by atoms with Crippen molar-refractivity contribution in [2.24, 2.45) is 5.92 Å². The van der Waals surface area contributed by atoms with E-state index < -0.39 is 10.0 Å². The lowest BCUT2D eigenvalue weighted by atomic mass is 10.1. The van der Waals surface area contributed by atoms with Crippen molar-refractivity contribution in [1.82, 2.24) is 10.2 Å². The van der Waals surface area contributed by atoms with E-state index in [4.69, 9.17) is 5.11 Å². The van der Waals surface area contributed by atoms with E-state index in [1.165, 1.54) is 17.4 Å². The van der Waals surface area contributed by atoms with Gasteiger partial charge in [-0.2, -0.15) is 0 Å². The minimum Gasteiger partial charge on any atom is -0.392 e. The van der Waals surface area contributed by atoms with Crippen LogP contribution in [0.25, 0.3) is 0 Å². The van der Waals surface area contributed by atoms with Crippen molar-refractivity contribution < 1.29 is 13.5 Å². The zero-order valence-electron chi connectivity index (χ0n) is 11.0. The average molecular weight is 333 g/mol. The highest BCUT2D eigenvalue weighted by Gasteiger charge is 2.19. The van der Waals surface area contributed by atoms with Crippen molar-refractivity contribution >= 4 is 37.8 Å². The summed E-state index contributed by atoms with van der Waals surface area (Å²) in [5.74, 6) is 0.441. The first-order chi connectivity index (χ1) is 9.40. The molecule has 0 spiro atoms. The number of hydrogen-bond donors (Lipinski definition) is 2. The van der Waals surface area contributed by atoms with Crippen molar-refractivity contribution in [2.45, 2.75) is 31.1 Å². The van der Waals surface area contributed by atoms with Gasteiger partial charge in [0.05, 0.1) is 6.61 Å². The Morgan fingerprint density at radius 2 is 2.15 bits per heavy atom. The molecule has 0 aliphatic heterocycles. The van der Waals surface area contributed by atoms with Gasteiger partial charge in [-0.3, -0.25) is 4.72 Å². The van der Waals surface area contributed by atoms with Gasteiger partial charge in [-0.05, 0) is 22.9 Å². The Hall–Kier alpha value is -1.03. The predicted molar refractivity (Wildman–Crippen MR) is 79.5 cm³/mol. The Bertz CT molecular complexity index is 676. The van der Waals surface area contributed by atoms with E-state index in [1.54, 1.807) is 5.38 Å². The number of aliphatic hydroxyl groups excluding tert-OH is 1. The molecular weight excluding hydrogens is 318 g/mol. The molecule has 20 heavy (non-hydrogen) atoms. The molecule has 0 amide bonds. The lowest BCUT2D eigenvalue weighted by molar-refractivity contribution is 0.282. The number of nitrogens with one attached hydrogen (secondary N) is 1. The van der Waals surface area contributed by atoms with E-state index in [0.717, 1.165) is 22.8 Å². The Morgan fingerprint density at radius 3 is 2.75 bits per heavy atom. The van der Waals surface area contributed by atoms with Gasteiger partial charge >= 0.3 is 0 Å². The van der Waals surface area contributed by atoms with E-state index in [-0.39, 0.29) is 15.9 Å². The summed E-state index contributed by atoms with van der Waals surface area (Å²) in [4.78, 5) is 0. The molecule has 0 aromatic carbocycles. The molecule has 2 rings (SSSR count). The van der Waals surface area contributed by atoms with E-state index in [0.29, 0.717) is 11.5 Å². The third-order valence-corrected chi connectivity index (χ3v) is 6.17. The first kappa shape index (κ1) is 15.4. The van der Waals surface area contributed by atoms with Crippen LogP contribution >= 0.6 is 22.7 Å². The molecule has 0 atom stereocenters. The van der Waals surface area contributed by atoms with Crippen LogP contribution in [0.4, 0.5) is 5.13 Å². The lowest BCUT2D eigenvalue weighted by Gasteiger charge is -2.01. The highest BCUT2D eigenvalue weighted by molar-refractivity contribution is 7.94. The van der Waals surface area contributed by atoms with E-state index in [1.807, 2.05) is 0 Å². The quantitative estimate of drug-likeness (QED) is 0.844. The van der Waals surface area contributed by atoms with E-state index >= 15 is 0 Å². The molecule has 2 heterocycles. The minimum absolute atomic E-state index is 0.155. The van der Waals surface area contributed by atoms with Crippen LogP contribution in [0.15, 0.2) is 15.7 Å². The maximum absolute atomic E-state index is 12.1. The summed E-state index contributed by atoms with van der Waals surface area (Å²) in [5.41, 5.74) is 0.577. The van der Waals surface area contributed by atoms with Crippen molar-refractivity contribution in [2.75, 3.05) is 4.72 Å². The minimum atomic E-state index is -3.65. The number of nitrogens with zero attached hydrogens (tertiary/aromatic N) is 2. The molecule has 0 radical (unpaired) electrons. The summed E-state index contributed by atoms with van der Waals surface area (Å²) < 4.78 is 26.8. The molecule has 0 aliphatic rings. The van der Waals surface area contributed by atoms with Crippen LogP contribution in [-0.2, 0) is 23.1 Å². The zero-order valence-corrected chi connectivity index (χ0v) is 13.5. The molecule has 9 heteroatoms. The summed E-state index contributed by atoms with van der Waals surface area (Å²) in [5, 5.41) is 19.4. The molecule has 0 aliphatic carbocycles. The van der Waals surface area contributed by atoms with Gasteiger partial charge in [0, 0.05) is 6.42 Å². The number of rotatable bonds is 6. The fourth-order valence-corrected chi connectivity index (χ4v) is 4.85. The first-order valence-electron chi connectivity index (χ1n) is 5.94. The fourth-order valence-electron chi connectivity index (χ4n) is 1.47. The monoisotopic (exact) mass is 333 g/mol. The van der Waals surface area contributed by atoms with Crippen LogP contribution in [0.2, 0.25) is 0 Å². The fraction of sp³-hybridized carbons (Fsp3) is 0.455. The standard InChI is InChI=1S/C11H15N3O3S3/c1-7(2)3-9-12-13-11(19-9)14-20(16,17)10-4-8(5-15)6-18-10/h4,6-7,15H,3,5H2,1-2H3,(H,13,14). The summed E-state index contributed by atoms with van der Waals surface area (Å²) in [6, 6.07) is 1.45. The van der Waals surface area contributed by atoms with Gasteiger partial charge in [-0.25, -0.2) is 8.42 Å². The molecule has 2 N–H and O–H groups in total. The van der Waals surface area contributed by atoms with Crippen molar-refractivity contribution in [3.05, 3.63) is 22.0 Å². The number of sulfonamides is 1. The topological polar surface area (TPSA) is 92.2 Å². The number of anilines is 1. The number of thiophene rings is 1. The second-order valence-corrected chi connectivity index (χ2v) is 8.52. The van der Waals surface area contributed by atoms with E-state index in [9.17, 15) is 8.42 Å². The highest BCUT2D eigenvalue weighted by Crippen LogP contribution is 2.25. The second-order valence-electron chi connectivity index (χ2n) is 4.64. The largest absolute Gasteiger partial charge is 0.392 e. The Morgan fingerprint density at radius 1 is 1.40 bits per heavy atom. The molecule has 0 saturated carbocycles. The maximum Gasteiger partial charge on any atom is 0.273 e. The lowest BCUT2D eigenvalue weighted by Crippen LogP contribution is -2.11. The molecule has 0 fully saturated rings. The van der Waals surface area contributed by atoms with Crippen molar-refractivity contribution in [1.29, 1.82) is 0 Å². The molecule has 0 saturated heterocycles. The molecule has 6 nitrogen and oxygen atoms in total. The molecule has 0 bridgehead atoms. The summed E-state index contributed by atoms with van der Waals surface area (Å²) in [7, 11) is -3.65. The summed E-state index contributed by atoms with van der Waals surface area (Å²) in [6.45, 7) is 3.95. The van der Waals surface area contributed by atoms with Gasteiger partial charge < -0.3 is 5.11 Å². The van der Waals surface area contributed by atoms with Gasteiger partial charge in [0.25, 0.3) is 10.0 Å². The van der Waals surface area contributed by atoms with Gasteiger partial charge in [0.15, 0.2) is 0 Å². The zero-order chi connectivity index (χ0) is 14.8. The molecule has 2 aromatic rings. The normalized spacial score (nSPS) is 12.0. The Kier molecular flexibility index (Phi) is 4.74. The van der Waals surface area contributed by atoms with Crippen LogP contribution in [0, 0.1) is 5.92 Å². The first-order valence-corrected chi connectivity index (χ1v) is 9.12. The number of aliphatic hydroxyl groups is 1. The van der Waals surface area contributed by atoms with Crippen molar-refractivity contribution in [3.63, 3.8) is 0 Å². The smallest absolute Gasteiger partial charge is 0.273 e. The van der Waals surface area contributed by atoms with Gasteiger partial charge in [0.2, 0.25) is 5.13 Å². The molecule has 2 aromatic heterocycles. The van der Waals surface area contributed by atoms with E-state index in [2.05, 4.69) is 28.8 Å².